The summed E-state index contributed by atoms with van der Waals surface area (Å²) in [5.41, 5.74) is 16.3. The van der Waals surface area contributed by atoms with Crippen LogP contribution in [0.3, 0.4) is 0 Å². The number of hydrogen-bond donors (Lipinski definition) is 0. The summed E-state index contributed by atoms with van der Waals surface area (Å²) < 4.78 is 13.8. The van der Waals surface area contributed by atoms with E-state index >= 15 is 0 Å². The Bertz CT molecular complexity index is 2190. The molecule has 55 heavy (non-hydrogen) atoms. The molecule has 2 atom stereocenters. The van der Waals surface area contributed by atoms with Crippen molar-refractivity contribution in [3.05, 3.63) is 166 Å². The van der Waals surface area contributed by atoms with E-state index in [0.717, 1.165) is 35.9 Å². The standard InChI is InChI=1S/2C25H25O.2ClH.Zr/c2*1-5-21-13-14-24(26-21)19-15-18-7-6-8-22(23(18)16-19)17-9-11-20(12-10-17)25(2,3)4;;;/h2*6-16H,5H2,1-4H3;2*1H;/q;;;;+2/p-2. The van der Waals surface area contributed by atoms with Gasteiger partial charge in [-0.2, -0.15) is 0 Å². The van der Waals surface area contributed by atoms with Crippen LogP contribution >= 0.6 is 0 Å². The summed E-state index contributed by atoms with van der Waals surface area (Å²) in [7, 11) is 0. The molecule has 5 heteroatoms. The molecule has 2 heterocycles. The number of benzene rings is 4. The van der Waals surface area contributed by atoms with E-state index in [-0.39, 0.29) is 35.6 Å². The molecule has 0 radical (unpaired) electrons. The molecule has 0 saturated carbocycles. The molecule has 0 fully saturated rings. The molecule has 8 rings (SSSR count). The smallest absolute Gasteiger partial charge is 1.00 e. The molecule has 2 unspecified atom stereocenters. The first kappa shape index (κ1) is 41.0. The summed E-state index contributed by atoms with van der Waals surface area (Å²) in [6.07, 6.45) is 6.69. The van der Waals surface area contributed by atoms with Gasteiger partial charge in [0, 0.05) is 0 Å². The van der Waals surface area contributed by atoms with E-state index in [1.54, 1.807) is 0 Å². The minimum atomic E-state index is -1.34. The molecule has 2 aliphatic rings. The van der Waals surface area contributed by atoms with Gasteiger partial charge in [0.15, 0.2) is 0 Å². The molecule has 0 bridgehead atoms. The van der Waals surface area contributed by atoms with E-state index in [1.807, 2.05) is 0 Å². The molecule has 0 saturated heterocycles. The van der Waals surface area contributed by atoms with Crippen LogP contribution in [0.15, 0.2) is 118 Å². The maximum absolute atomic E-state index is 6.58. The molecule has 6 aromatic rings. The van der Waals surface area contributed by atoms with Gasteiger partial charge in [0.25, 0.3) is 0 Å². The van der Waals surface area contributed by atoms with Gasteiger partial charge in [-0.1, -0.05) is 0 Å². The minimum absolute atomic E-state index is 0. The zero-order valence-corrected chi connectivity index (χ0v) is 37.2. The van der Waals surface area contributed by atoms with Gasteiger partial charge >= 0.3 is 330 Å². The molecule has 2 aliphatic carbocycles. The molecule has 280 valence electrons. The summed E-state index contributed by atoms with van der Waals surface area (Å²) in [5, 5.41) is 0. The second-order valence-electron chi connectivity index (χ2n) is 16.7. The fourth-order valence-electron chi connectivity index (χ4n) is 8.01. The number of fused-ring (bicyclic) bond motifs is 2. The molecule has 2 nitrogen and oxygen atoms in total. The van der Waals surface area contributed by atoms with E-state index in [9.17, 15) is 0 Å². The van der Waals surface area contributed by atoms with Crippen molar-refractivity contribution < 1.29 is 56.9 Å². The fraction of sp³-hybridized carbons (Fsp3) is 0.280. The van der Waals surface area contributed by atoms with Crippen LogP contribution in [0, 0.1) is 0 Å². The monoisotopic (exact) mass is 842 g/mol. The van der Waals surface area contributed by atoms with Crippen LogP contribution in [0.5, 0.6) is 0 Å². The van der Waals surface area contributed by atoms with Gasteiger partial charge in [-0.3, -0.25) is 0 Å². The number of furan rings is 2. The third-order valence-electron chi connectivity index (χ3n) is 11.2. The fourth-order valence-corrected chi connectivity index (χ4v) is 12.9. The van der Waals surface area contributed by atoms with Crippen molar-refractivity contribution in [3.63, 3.8) is 0 Å². The Labute approximate surface area is 351 Å². The number of halogens is 2. The third-order valence-corrected chi connectivity index (χ3v) is 15.9. The molecule has 0 amide bonds. The Morgan fingerprint density at radius 1 is 0.491 bits per heavy atom. The first-order valence-corrected chi connectivity index (χ1v) is 22.1. The van der Waals surface area contributed by atoms with Gasteiger partial charge in [-0.25, -0.2) is 0 Å². The summed E-state index contributed by atoms with van der Waals surface area (Å²) in [6.45, 7) is 18.0. The van der Waals surface area contributed by atoms with Crippen molar-refractivity contribution in [2.75, 3.05) is 0 Å². The van der Waals surface area contributed by atoms with Crippen LogP contribution in [-0.2, 0) is 46.9 Å². The first-order chi connectivity index (χ1) is 25.4. The number of allylic oxidation sites excluding steroid dienone is 2. The SMILES string of the molecule is CCc1ccc(C2=Cc3c(-c4ccc(C(C)(C)C)cc4)cccc3[CH]2[Zr+2][CH]2C(c3ccc(CC)o3)=Cc3c(-c4ccc(C(C)(C)C)cc4)cccc32)o1.[Cl-].[Cl-]. The van der Waals surface area contributed by atoms with E-state index in [1.165, 1.54) is 66.8 Å². The van der Waals surface area contributed by atoms with Crippen molar-refractivity contribution in [3.8, 4) is 22.3 Å². The Balaban J connectivity index is 0.00000257. The zero-order valence-electron chi connectivity index (χ0n) is 33.2. The molecular weight excluding hydrogens is 795 g/mol. The van der Waals surface area contributed by atoms with Gasteiger partial charge in [-0.05, 0) is 0 Å². The van der Waals surface area contributed by atoms with E-state index in [0.29, 0.717) is 7.25 Å². The van der Waals surface area contributed by atoms with Crippen LogP contribution in [0.4, 0.5) is 0 Å². The zero-order chi connectivity index (χ0) is 37.1. The Morgan fingerprint density at radius 3 is 1.20 bits per heavy atom. The van der Waals surface area contributed by atoms with Crippen LogP contribution in [0.2, 0.25) is 0 Å². The molecule has 0 spiro atoms. The van der Waals surface area contributed by atoms with Gasteiger partial charge in [-0.15, -0.1) is 0 Å². The van der Waals surface area contributed by atoms with Gasteiger partial charge in [0.05, 0.1) is 0 Å². The van der Waals surface area contributed by atoms with Crippen molar-refractivity contribution in [1.29, 1.82) is 0 Å². The number of aryl methyl sites for hydroxylation is 2. The summed E-state index contributed by atoms with van der Waals surface area (Å²) in [6, 6.07) is 41.1. The van der Waals surface area contributed by atoms with Crippen molar-refractivity contribution in [2.45, 2.75) is 86.3 Å². The number of hydrogen-bond acceptors (Lipinski definition) is 2. The first-order valence-electron chi connectivity index (χ1n) is 19.3. The second kappa shape index (κ2) is 16.1. The van der Waals surface area contributed by atoms with Gasteiger partial charge < -0.3 is 24.8 Å². The van der Waals surface area contributed by atoms with Gasteiger partial charge in [0.2, 0.25) is 0 Å². The van der Waals surface area contributed by atoms with Crippen LogP contribution in [-0.4, -0.2) is 0 Å². The average molecular weight is 845 g/mol. The molecular formula is C50H50Cl2O2Zr. The largest absolute Gasteiger partial charge is 1.00 e. The predicted molar refractivity (Wildman–Crippen MR) is 219 cm³/mol. The quantitative estimate of drug-likeness (QED) is 0.156. The maximum Gasteiger partial charge on any atom is -1.00 e. The Morgan fingerprint density at radius 2 is 0.873 bits per heavy atom. The van der Waals surface area contributed by atoms with E-state index in [4.69, 9.17) is 8.83 Å². The van der Waals surface area contributed by atoms with Crippen molar-refractivity contribution in [2.24, 2.45) is 0 Å². The maximum atomic E-state index is 6.58. The van der Waals surface area contributed by atoms with E-state index < -0.39 is 23.2 Å². The average Bonchev–Trinajstić information content (AvgIpc) is 3.96. The van der Waals surface area contributed by atoms with Gasteiger partial charge in [0.1, 0.15) is 0 Å². The predicted octanol–water partition coefficient (Wildman–Crippen LogP) is 7.91. The summed E-state index contributed by atoms with van der Waals surface area (Å²) in [5.74, 6) is 4.10. The second-order valence-corrected chi connectivity index (χ2v) is 20.4. The summed E-state index contributed by atoms with van der Waals surface area (Å²) in [4.78, 5) is 0. The Hall–Kier alpha value is -3.62. The topological polar surface area (TPSA) is 26.3 Å². The normalized spacial score (nSPS) is 16.0. The van der Waals surface area contributed by atoms with Crippen LogP contribution < -0.4 is 24.8 Å². The van der Waals surface area contributed by atoms with Crippen molar-refractivity contribution in [1.82, 2.24) is 0 Å². The number of rotatable bonds is 8. The molecule has 4 aromatic carbocycles. The van der Waals surface area contributed by atoms with E-state index in [2.05, 4.69) is 177 Å². The van der Waals surface area contributed by atoms with Crippen LogP contribution in [0.25, 0.3) is 45.6 Å². The molecule has 2 aromatic heterocycles. The Kier molecular flexibility index (Phi) is 12.0. The van der Waals surface area contributed by atoms with Crippen LogP contribution in [0.1, 0.15) is 119 Å². The minimum Gasteiger partial charge on any atom is -1.00 e. The van der Waals surface area contributed by atoms with Crippen molar-refractivity contribution >= 4 is 23.3 Å². The third kappa shape index (κ3) is 7.87. The molecule has 0 aliphatic heterocycles. The molecule has 0 N–H and O–H groups in total. The summed E-state index contributed by atoms with van der Waals surface area (Å²) >= 11 is -1.34.